The Bertz CT molecular complexity index is 654. The van der Waals surface area contributed by atoms with E-state index in [1.54, 1.807) is 20.8 Å². The number of unbranched alkanes of at least 4 members (excludes halogenated alkanes) is 1. The minimum atomic E-state index is -0.650. The number of methoxy groups -OCH3 is 1. The van der Waals surface area contributed by atoms with E-state index in [9.17, 15) is 19.7 Å². The highest BCUT2D eigenvalue weighted by molar-refractivity contribution is 5.98. The minimum Gasteiger partial charge on any atom is -0.465 e. The second-order valence-corrected chi connectivity index (χ2v) is 6.51. The van der Waals surface area contributed by atoms with E-state index in [0.29, 0.717) is 25.9 Å². The number of alkyl carbamates (subject to hydrolysis) is 1. The van der Waals surface area contributed by atoms with Crippen LogP contribution in [0.4, 0.5) is 16.2 Å². The number of amides is 1. The first-order valence-electron chi connectivity index (χ1n) is 8.22. The number of nitro benzene ring substituents is 1. The summed E-state index contributed by atoms with van der Waals surface area (Å²) < 4.78 is 9.78. The molecule has 9 nitrogen and oxygen atoms in total. The molecule has 0 aliphatic rings. The van der Waals surface area contributed by atoms with Crippen LogP contribution in [0, 0.1) is 10.1 Å². The maximum atomic E-state index is 11.8. The number of rotatable bonds is 8. The zero-order chi connectivity index (χ0) is 19.7. The second-order valence-electron chi connectivity index (χ2n) is 6.51. The first-order valence-corrected chi connectivity index (χ1v) is 8.22. The number of para-hydroxylation sites is 1. The fourth-order valence-electron chi connectivity index (χ4n) is 2.13. The number of ether oxygens (including phenoxy) is 2. The van der Waals surface area contributed by atoms with Gasteiger partial charge in [0.1, 0.15) is 11.3 Å². The average Bonchev–Trinajstić information content (AvgIpc) is 2.55. The monoisotopic (exact) mass is 367 g/mol. The molecule has 1 amide bonds. The van der Waals surface area contributed by atoms with Crippen LogP contribution >= 0.6 is 0 Å². The minimum absolute atomic E-state index is 0.105. The zero-order valence-corrected chi connectivity index (χ0v) is 15.5. The van der Waals surface area contributed by atoms with Gasteiger partial charge >= 0.3 is 12.1 Å². The van der Waals surface area contributed by atoms with Crippen molar-refractivity contribution in [1.82, 2.24) is 5.32 Å². The predicted octanol–water partition coefficient (Wildman–Crippen LogP) is 3.10. The summed E-state index contributed by atoms with van der Waals surface area (Å²) in [5.74, 6) is -0.650. The van der Waals surface area contributed by atoms with Crippen molar-refractivity contribution in [2.45, 2.75) is 39.2 Å². The number of hydrogen-bond donors (Lipinski definition) is 2. The van der Waals surface area contributed by atoms with E-state index in [1.165, 1.54) is 25.3 Å². The van der Waals surface area contributed by atoms with Crippen LogP contribution in [0.25, 0.3) is 0 Å². The van der Waals surface area contributed by atoms with Crippen molar-refractivity contribution in [3.8, 4) is 0 Å². The van der Waals surface area contributed by atoms with Gasteiger partial charge in [-0.1, -0.05) is 6.07 Å². The molecule has 0 radical (unpaired) electrons. The number of carbonyl (C=O) groups excluding carboxylic acids is 2. The van der Waals surface area contributed by atoms with Gasteiger partial charge in [0, 0.05) is 19.2 Å². The average molecular weight is 367 g/mol. The van der Waals surface area contributed by atoms with Crippen molar-refractivity contribution >= 4 is 23.4 Å². The fraction of sp³-hybridized carbons (Fsp3) is 0.529. The number of nitrogens with zero attached hydrogens (tertiary/aromatic N) is 1. The van der Waals surface area contributed by atoms with E-state index in [2.05, 4.69) is 15.4 Å². The molecule has 9 heteroatoms. The van der Waals surface area contributed by atoms with Crippen molar-refractivity contribution in [3.05, 3.63) is 33.9 Å². The lowest BCUT2D eigenvalue weighted by atomic mass is 10.1. The van der Waals surface area contributed by atoms with Gasteiger partial charge in [0.25, 0.3) is 5.69 Å². The first-order chi connectivity index (χ1) is 12.2. The van der Waals surface area contributed by atoms with Gasteiger partial charge in [-0.25, -0.2) is 9.59 Å². The number of nitro groups is 1. The van der Waals surface area contributed by atoms with Gasteiger partial charge in [-0.3, -0.25) is 10.1 Å². The molecular weight excluding hydrogens is 342 g/mol. The Hall–Kier alpha value is -2.84. The predicted molar refractivity (Wildman–Crippen MR) is 96.4 cm³/mol. The summed E-state index contributed by atoms with van der Waals surface area (Å²) in [4.78, 5) is 33.9. The number of esters is 1. The molecule has 0 aromatic heterocycles. The molecular formula is C17H25N3O6. The van der Waals surface area contributed by atoms with Gasteiger partial charge in [0.2, 0.25) is 0 Å². The third-order valence-electron chi connectivity index (χ3n) is 3.22. The number of nitrogens with one attached hydrogen (secondary N) is 2. The molecule has 0 aliphatic carbocycles. The van der Waals surface area contributed by atoms with Crippen LogP contribution < -0.4 is 10.6 Å². The lowest BCUT2D eigenvalue weighted by Crippen LogP contribution is -2.33. The standard InChI is InChI=1S/C17H25N3O6/c1-17(2,3)26-16(22)19-11-6-5-10-18-14-12(15(21)25-4)8-7-9-13(14)20(23)24/h7-9,18H,5-6,10-11H2,1-4H3,(H,19,22). The van der Waals surface area contributed by atoms with E-state index < -0.39 is 22.6 Å². The van der Waals surface area contributed by atoms with Crippen LogP contribution in [0.15, 0.2) is 18.2 Å². The largest absolute Gasteiger partial charge is 0.465 e. The van der Waals surface area contributed by atoms with Crippen molar-refractivity contribution in [2.75, 3.05) is 25.5 Å². The number of hydrogen-bond acceptors (Lipinski definition) is 7. The van der Waals surface area contributed by atoms with E-state index in [0.717, 1.165) is 0 Å². The van der Waals surface area contributed by atoms with E-state index in [-0.39, 0.29) is 16.9 Å². The molecule has 1 aromatic rings. The maximum Gasteiger partial charge on any atom is 0.407 e. The smallest absolute Gasteiger partial charge is 0.407 e. The molecule has 0 unspecified atom stereocenters. The molecule has 0 aliphatic heterocycles. The van der Waals surface area contributed by atoms with Gasteiger partial charge in [0.15, 0.2) is 0 Å². The molecule has 2 N–H and O–H groups in total. The van der Waals surface area contributed by atoms with Crippen LogP contribution in [-0.2, 0) is 9.47 Å². The molecule has 0 fully saturated rings. The summed E-state index contributed by atoms with van der Waals surface area (Å²) in [5, 5.41) is 16.7. The van der Waals surface area contributed by atoms with Crippen LogP contribution in [-0.4, -0.2) is 42.8 Å². The molecule has 0 heterocycles. The lowest BCUT2D eigenvalue weighted by molar-refractivity contribution is -0.384. The summed E-state index contributed by atoms with van der Waals surface area (Å²) in [7, 11) is 1.22. The Labute approximate surface area is 152 Å². The Morgan fingerprint density at radius 1 is 1.19 bits per heavy atom. The Balaban J connectivity index is 2.54. The molecule has 0 saturated heterocycles. The normalized spacial score (nSPS) is 10.8. The highest BCUT2D eigenvalue weighted by Crippen LogP contribution is 2.28. The van der Waals surface area contributed by atoms with Crippen LogP contribution in [0.1, 0.15) is 44.0 Å². The quantitative estimate of drug-likeness (QED) is 0.313. The summed E-state index contributed by atoms with van der Waals surface area (Å²) in [6.07, 6.45) is 0.778. The van der Waals surface area contributed by atoms with Gasteiger partial charge < -0.3 is 20.1 Å². The van der Waals surface area contributed by atoms with E-state index in [1.807, 2.05) is 0 Å². The molecule has 1 rings (SSSR count). The molecule has 0 saturated carbocycles. The molecule has 0 bridgehead atoms. The van der Waals surface area contributed by atoms with E-state index in [4.69, 9.17) is 4.74 Å². The van der Waals surface area contributed by atoms with Crippen LogP contribution in [0.5, 0.6) is 0 Å². The maximum absolute atomic E-state index is 11.8. The molecule has 26 heavy (non-hydrogen) atoms. The number of anilines is 1. The Kier molecular flexibility index (Phi) is 7.82. The highest BCUT2D eigenvalue weighted by atomic mass is 16.6. The zero-order valence-electron chi connectivity index (χ0n) is 15.5. The summed E-state index contributed by atoms with van der Waals surface area (Å²) >= 11 is 0. The SMILES string of the molecule is COC(=O)c1cccc([N+](=O)[O-])c1NCCCCNC(=O)OC(C)(C)C. The Morgan fingerprint density at radius 3 is 2.42 bits per heavy atom. The van der Waals surface area contributed by atoms with Crippen LogP contribution in [0.3, 0.4) is 0 Å². The molecule has 1 aromatic carbocycles. The summed E-state index contributed by atoms with van der Waals surface area (Å²) in [6.45, 7) is 6.15. The van der Waals surface area contributed by atoms with Crippen molar-refractivity contribution in [1.29, 1.82) is 0 Å². The van der Waals surface area contributed by atoms with E-state index >= 15 is 0 Å². The fourth-order valence-corrected chi connectivity index (χ4v) is 2.13. The van der Waals surface area contributed by atoms with Crippen LogP contribution in [0.2, 0.25) is 0 Å². The summed E-state index contributed by atoms with van der Waals surface area (Å²) in [5.41, 5.74) is -0.514. The van der Waals surface area contributed by atoms with Gasteiger partial charge in [-0.05, 0) is 39.7 Å². The van der Waals surface area contributed by atoms with Crippen molar-refractivity contribution < 1.29 is 24.0 Å². The van der Waals surface area contributed by atoms with Gasteiger partial charge in [0.05, 0.1) is 17.6 Å². The lowest BCUT2D eigenvalue weighted by Gasteiger charge is -2.19. The molecule has 0 spiro atoms. The van der Waals surface area contributed by atoms with Gasteiger partial charge in [-0.2, -0.15) is 0 Å². The number of benzene rings is 1. The third kappa shape index (κ3) is 6.96. The van der Waals surface area contributed by atoms with Gasteiger partial charge in [-0.15, -0.1) is 0 Å². The third-order valence-corrected chi connectivity index (χ3v) is 3.22. The molecule has 144 valence electrons. The molecule has 0 atom stereocenters. The highest BCUT2D eigenvalue weighted by Gasteiger charge is 2.21. The first kappa shape index (κ1) is 21.2. The van der Waals surface area contributed by atoms with Crippen molar-refractivity contribution in [2.24, 2.45) is 0 Å². The summed E-state index contributed by atoms with van der Waals surface area (Å²) in [6, 6.07) is 4.21. The second kappa shape index (κ2) is 9.59. The van der Waals surface area contributed by atoms with Crippen molar-refractivity contribution in [3.63, 3.8) is 0 Å². The Morgan fingerprint density at radius 2 is 1.85 bits per heavy atom. The number of carbonyl (C=O) groups is 2. The topological polar surface area (TPSA) is 120 Å².